The largest absolute Gasteiger partial charge is 0.345 e. The van der Waals surface area contributed by atoms with Crippen molar-refractivity contribution in [1.82, 2.24) is 5.32 Å². The van der Waals surface area contributed by atoms with E-state index in [-0.39, 0.29) is 11.1 Å². The lowest BCUT2D eigenvalue weighted by Crippen LogP contribution is -2.27. The van der Waals surface area contributed by atoms with Crippen molar-refractivity contribution in [3.63, 3.8) is 0 Å². The molecule has 2 aromatic carbocycles. The van der Waals surface area contributed by atoms with Gasteiger partial charge in [0.1, 0.15) is 10.8 Å². The fourth-order valence-electron chi connectivity index (χ4n) is 1.95. The van der Waals surface area contributed by atoms with Gasteiger partial charge in [-0.3, -0.25) is 14.9 Å². The second kappa shape index (κ2) is 6.53. The van der Waals surface area contributed by atoms with Crippen LogP contribution in [0, 0.1) is 15.9 Å². The summed E-state index contributed by atoms with van der Waals surface area (Å²) in [7, 11) is 0. The molecule has 0 aromatic heterocycles. The van der Waals surface area contributed by atoms with E-state index in [4.69, 9.17) is 11.6 Å². The van der Waals surface area contributed by atoms with E-state index < -0.39 is 27.9 Å². The third-order valence-electron chi connectivity index (χ3n) is 3.12. The summed E-state index contributed by atoms with van der Waals surface area (Å²) in [6.45, 7) is 1.73. The van der Waals surface area contributed by atoms with Crippen LogP contribution in [-0.4, -0.2) is 10.8 Å². The van der Waals surface area contributed by atoms with E-state index in [0.29, 0.717) is 0 Å². The molecule has 0 saturated heterocycles. The third kappa shape index (κ3) is 3.40. The van der Waals surface area contributed by atoms with Crippen LogP contribution >= 0.6 is 11.6 Å². The van der Waals surface area contributed by atoms with Gasteiger partial charge in [-0.1, -0.05) is 41.9 Å². The van der Waals surface area contributed by atoms with Crippen molar-refractivity contribution in [3.8, 4) is 0 Å². The Morgan fingerprint density at radius 2 is 1.95 bits per heavy atom. The summed E-state index contributed by atoms with van der Waals surface area (Å²) in [4.78, 5) is 22.2. The minimum absolute atomic E-state index is 0.352. The summed E-state index contributed by atoms with van der Waals surface area (Å²) in [6.07, 6.45) is 0. The topological polar surface area (TPSA) is 72.2 Å². The smallest absolute Gasteiger partial charge is 0.288 e. The Hall–Kier alpha value is -2.47. The van der Waals surface area contributed by atoms with Crippen molar-refractivity contribution in [2.45, 2.75) is 13.0 Å². The van der Waals surface area contributed by atoms with Crippen LogP contribution in [0.5, 0.6) is 0 Å². The Kier molecular flexibility index (Phi) is 4.72. The average Bonchev–Trinajstić information content (AvgIpc) is 2.47. The number of halogens is 2. The van der Waals surface area contributed by atoms with E-state index >= 15 is 0 Å². The number of nitro benzene ring substituents is 1. The van der Waals surface area contributed by atoms with Gasteiger partial charge in [0.25, 0.3) is 11.6 Å². The molecule has 0 fully saturated rings. The van der Waals surface area contributed by atoms with Gasteiger partial charge in [0.2, 0.25) is 0 Å². The number of nitro groups is 1. The van der Waals surface area contributed by atoms with Crippen molar-refractivity contribution >= 4 is 23.2 Å². The lowest BCUT2D eigenvalue weighted by atomic mass is 10.1. The van der Waals surface area contributed by atoms with Crippen LogP contribution in [-0.2, 0) is 0 Å². The average molecular weight is 323 g/mol. The van der Waals surface area contributed by atoms with Gasteiger partial charge >= 0.3 is 0 Å². The second-order valence-corrected chi connectivity index (χ2v) is 5.05. The molecule has 0 unspecified atom stereocenters. The molecule has 114 valence electrons. The number of hydrogen-bond donors (Lipinski definition) is 1. The van der Waals surface area contributed by atoms with Crippen molar-refractivity contribution in [1.29, 1.82) is 0 Å². The zero-order valence-corrected chi connectivity index (χ0v) is 12.3. The van der Waals surface area contributed by atoms with E-state index in [2.05, 4.69) is 5.32 Å². The van der Waals surface area contributed by atoms with Crippen LogP contribution < -0.4 is 5.32 Å². The first-order chi connectivity index (χ1) is 10.4. The predicted molar refractivity (Wildman–Crippen MR) is 80.4 cm³/mol. The summed E-state index contributed by atoms with van der Waals surface area (Å²) in [6, 6.07) is 10.3. The van der Waals surface area contributed by atoms with Crippen molar-refractivity contribution in [3.05, 3.63) is 74.5 Å². The molecule has 7 heteroatoms. The SMILES string of the molecule is C[C@@H](NC(=O)c1cc([N+](=O)[O-])c(Cl)cc1F)c1ccccc1. The van der Waals surface area contributed by atoms with Gasteiger partial charge in [-0.15, -0.1) is 0 Å². The summed E-state index contributed by atoms with van der Waals surface area (Å²) < 4.78 is 13.8. The van der Waals surface area contributed by atoms with Crippen LogP contribution in [0.4, 0.5) is 10.1 Å². The maximum atomic E-state index is 13.8. The van der Waals surface area contributed by atoms with Gasteiger partial charge < -0.3 is 5.32 Å². The molecular weight excluding hydrogens is 311 g/mol. The number of carbonyl (C=O) groups is 1. The predicted octanol–water partition coefficient (Wildman–Crippen LogP) is 3.88. The lowest BCUT2D eigenvalue weighted by Gasteiger charge is -2.14. The molecule has 0 aliphatic heterocycles. The number of hydrogen-bond acceptors (Lipinski definition) is 3. The quantitative estimate of drug-likeness (QED) is 0.686. The van der Waals surface area contributed by atoms with Gasteiger partial charge in [-0.05, 0) is 12.5 Å². The first-order valence-electron chi connectivity index (χ1n) is 6.39. The third-order valence-corrected chi connectivity index (χ3v) is 3.43. The molecule has 2 rings (SSSR count). The van der Waals surface area contributed by atoms with Crippen molar-refractivity contribution < 1.29 is 14.1 Å². The highest BCUT2D eigenvalue weighted by Crippen LogP contribution is 2.27. The van der Waals surface area contributed by atoms with Crippen LogP contribution in [0.2, 0.25) is 5.02 Å². The second-order valence-electron chi connectivity index (χ2n) is 4.65. The molecule has 0 bridgehead atoms. The number of benzene rings is 2. The van der Waals surface area contributed by atoms with E-state index in [1.165, 1.54) is 0 Å². The lowest BCUT2D eigenvalue weighted by molar-refractivity contribution is -0.384. The molecule has 0 aliphatic carbocycles. The fourth-order valence-corrected chi connectivity index (χ4v) is 2.17. The summed E-state index contributed by atoms with van der Waals surface area (Å²) in [5.41, 5.74) is -0.0980. The number of nitrogens with one attached hydrogen (secondary N) is 1. The molecule has 0 spiro atoms. The van der Waals surface area contributed by atoms with Gasteiger partial charge in [0.15, 0.2) is 0 Å². The molecule has 0 saturated carbocycles. The number of amides is 1. The van der Waals surface area contributed by atoms with E-state index in [1.807, 2.05) is 30.3 Å². The fraction of sp³-hybridized carbons (Fsp3) is 0.133. The molecule has 0 aliphatic rings. The highest BCUT2D eigenvalue weighted by Gasteiger charge is 2.22. The molecule has 0 heterocycles. The molecule has 1 N–H and O–H groups in total. The monoisotopic (exact) mass is 322 g/mol. The Balaban J connectivity index is 2.26. The van der Waals surface area contributed by atoms with Gasteiger partial charge in [-0.25, -0.2) is 4.39 Å². The molecule has 22 heavy (non-hydrogen) atoms. The highest BCUT2D eigenvalue weighted by molar-refractivity contribution is 6.32. The Labute approximate surface area is 130 Å². The Morgan fingerprint density at radius 3 is 2.55 bits per heavy atom. The molecule has 5 nitrogen and oxygen atoms in total. The summed E-state index contributed by atoms with van der Waals surface area (Å²) >= 11 is 5.59. The maximum Gasteiger partial charge on any atom is 0.288 e. The van der Waals surface area contributed by atoms with Crippen molar-refractivity contribution in [2.75, 3.05) is 0 Å². The van der Waals surface area contributed by atoms with E-state index in [0.717, 1.165) is 17.7 Å². The zero-order chi connectivity index (χ0) is 16.3. The molecule has 2 aromatic rings. The summed E-state index contributed by atoms with van der Waals surface area (Å²) in [5, 5.41) is 13.1. The first kappa shape index (κ1) is 15.9. The van der Waals surface area contributed by atoms with E-state index in [9.17, 15) is 19.3 Å². The minimum atomic E-state index is -0.909. The molecule has 0 radical (unpaired) electrons. The van der Waals surface area contributed by atoms with Gasteiger partial charge in [0.05, 0.1) is 16.5 Å². The Morgan fingerprint density at radius 1 is 1.32 bits per heavy atom. The van der Waals surface area contributed by atoms with Crippen LogP contribution in [0.1, 0.15) is 28.9 Å². The van der Waals surface area contributed by atoms with Crippen LogP contribution in [0.15, 0.2) is 42.5 Å². The standard InChI is InChI=1S/C15H12ClFN2O3/c1-9(10-5-3-2-4-6-10)18-15(20)11-7-14(19(21)22)12(16)8-13(11)17/h2-9H,1H3,(H,18,20)/t9-/m1/s1. The van der Waals surface area contributed by atoms with Crippen LogP contribution in [0.3, 0.4) is 0 Å². The molecule has 1 amide bonds. The number of carbonyl (C=O) groups excluding carboxylic acids is 1. The van der Waals surface area contributed by atoms with Gasteiger partial charge in [0, 0.05) is 12.1 Å². The van der Waals surface area contributed by atoms with Crippen molar-refractivity contribution in [2.24, 2.45) is 0 Å². The first-order valence-corrected chi connectivity index (χ1v) is 6.77. The number of nitrogens with zero attached hydrogens (tertiary/aromatic N) is 1. The molecule has 1 atom stereocenters. The van der Waals surface area contributed by atoms with Crippen LogP contribution in [0.25, 0.3) is 0 Å². The Bertz CT molecular complexity index is 722. The highest BCUT2D eigenvalue weighted by atomic mass is 35.5. The van der Waals surface area contributed by atoms with Gasteiger partial charge in [-0.2, -0.15) is 0 Å². The maximum absolute atomic E-state index is 13.8. The summed E-state index contributed by atoms with van der Waals surface area (Å²) in [5.74, 6) is -1.65. The normalized spacial score (nSPS) is 11.8. The number of rotatable bonds is 4. The molecular formula is C15H12ClFN2O3. The minimum Gasteiger partial charge on any atom is -0.345 e. The van der Waals surface area contributed by atoms with E-state index in [1.54, 1.807) is 6.92 Å². The zero-order valence-electron chi connectivity index (χ0n) is 11.5.